The standard InChI is InChI=1S/C14H19NO2/c1-15-10-11-2-4-12(5-3-11)14(16)13-6-8-17-9-7-13/h2-5,13,15H,6-10H2,1H3. The van der Waals surface area contributed by atoms with Gasteiger partial charge in [-0.3, -0.25) is 4.79 Å². The Morgan fingerprint density at radius 3 is 2.53 bits per heavy atom. The first kappa shape index (κ1) is 12.3. The molecule has 2 rings (SSSR count). The Hall–Kier alpha value is -1.19. The molecule has 17 heavy (non-hydrogen) atoms. The van der Waals surface area contributed by atoms with Crippen molar-refractivity contribution in [3.05, 3.63) is 35.4 Å². The fraction of sp³-hybridized carbons (Fsp3) is 0.500. The first-order valence-electron chi connectivity index (χ1n) is 6.17. The van der Waals surface area contributed by atoms with Gasteiger partial charge in [-0.15, -0.1) is 0 Å². The van der Waals surface area contributed by atoms with Gasteiger partial charge in [-0.05, 0) is 25.5 Å². The lowest BCUT2D eigenvalue weighted by atomic mass is 9.91. The van der Waals surface area contributed by atoms with Crippen LogP contribution in [0.25, 0.3) is 0 Å². The maximum Gasteiger partial charge on any atom is 0.166 e. The van der Waals surface area contributed by atoms with Gasteiger partial charge >= 0.3 is 0 Å². The van der Waals surface area contributed by atoms with Crippen molar-refractivity contribution < 1.29 is 9.53 Å². The molecule has 92 valence electrons. The number of rotatable bonds is 4. The summed E-state index contributed by atoms with van der Waals surface area (Å²) in [6.45, 7) is 2.27. The van der Waals surface area contributed by atoms with E-state index in [0.29, 0.717) is 13.2 Å². The van der Waals surface area contributed by atoms with Gasteiger partial charge in [0.1, 0.15) is 0 Å². The highest BCUT2D eigenvalue weighted by Crippen LogP contribution is 2.20. The van der Waals surface area contributed by atoms with Crippen LogP contribution in [0.3, 0.4) is 0 Å². The van der Waals surface area contributed by atoms with E-state index in [0.717, 1.165) is 24.9 Å². The molecule has 0 spiro atoms. The Labute approximate surface area is 102 Å². The molecule has 1 fully saturated rings. The van der Waals surface area contributed by atoms with Gasteiger partial charge in [0, 0.05) is 31.2 Å². The van der Waals surface area contributed by atoms with Gasteiger partial charge in [-0.1, -0.05) is 24.3 Å². The summed E-state index contributed by atoms with van der Waals surface area (Å²) in [5.74, 6) is 0.420. The normalized spacial score (nSPS) is 17.0. The molecule has 1 aliphatic heterocycles. The Kier molecular flexibility index (Phi) is 4.29. The van der Waals surface area contributed by atoms with Crippen molar-refractivity contribution in [2.45, 2.75) is 19.4 Å². The summed E-state index contributed by atoms with van der Waals surface area (Å²) in [6, 6.07) is 7.90. The van der Waals surface area contributed by atoms with E-state index in [-0.39, 0.29) is 11.7 Å². The Morgan fingerprint density at radius 1 is 1.29 bits per heavy atom. The lowest BCUT2D eigenvalue weighted by molar-refractivity contribution is 0.0545. The fourth-order valence-corrected chi connectivity index (χ4v) is 2.19. The number of ether oxygens (including phenoxy) is 1. The monoisotopic (exact) mass is 233 g/mol. The van der Waals surface area contributed by atoms with Crippen molar-refractivity contribution in [3.63, 3.8) is 0 Å². The number of hydrogen-bond donors (Lipinski definition) is 1. The molecule has 1 aromatic rings. The van der Waals surface area contributed by atoms with Gasteiger partial charge in [0.15, 0.2) is 5.78 Å². The minimum atomic E-state index is 0.152. The molecule has 1 saturated heterocycles. The minimum Gasteiger partial charge on any atom is -0.381 e. The highest BCUT2D eigenvalue weighted by molar-refractivity contribution is 5.97. The van der Waals surface area contributed by atoms with E-state index in [1.807, 2.05) is 31.3 Å². The summed E-state index contributed by atoms with van der Waals surface area (Å²) in [7, 11) is 1.92. The zero-order valence-electron chi connectivity index (χ0n) is 10.2. The predicted octanol–water partition coefficient (Wildman–Crippen LogP) is 2.02. The van der Waals surface area contributed by atoms with Crippen LogP contribution in [0.2, 0.25) is 0 Å². The van der Waals surface area contributed by atoms with E-state index in [4.69, 9.17) is 4.74 Å². The van der Waals surface area contributed by atoms with Gasteiger partial charge in [-0.2, -0.15) is 0 Å². The molecule has 1 aromatic carbocycles. The van der Waals surface area contributed by atoms with Gasteiger partial charge in [-0.25, -0.2) is 0 Å². The van der Waals surface area contributed by atoms with Crippen LogP contribution in [0.1, 0.15) is 28.8 Å². The van der Waals surface area contributed by atoms with Crippen molar-refractivity contribution in [2.75, 3.05) is 20.3 Å². The third-order valence-electron chi connectivity index (χ3n) is 3.21. The molecule has 3 nitrogen and oxygen atoms in total. The van der Waals surface area contributed by atoms with E-state index in [2.05, 4.69) is 5.32 Å². The lowest BCUT2D eigenvalue weighted by Gasteiger charge is -2.20. The van der Waals surface area contributed by atoms with Crippen molar-refractivity contribution in [1.29, 1.82) is 0 Å². The quantitative estimate of drug-likeness (QED) is 0.808. The molecule has 0 radical (unpaired) electrons. The first-order valence-corrected chi connectivity index (χ1v) is 6.17. The van der Waals surface area contributed by atoms with Crippen LogP contribution in [0.15, 0.2) is 24.3 Å². The topological polar surface area (TPSA) is 38.3 Å². The van der Waals surface area contributed by atoms with Crippen molar-refractivity contribution >= 4 is 5.78 Å². The third kappa shape index (κ3) is 3.14. The van der Waals surface area contributed by atoms with E-state index >= 15 is 0 Å². The molecule has 0 amide bonds. The van der Waals surface area contributed by atoms with Gasteiger partial charge in [0.05, 0.1) is 0 Å². The maximum absolute atomic E-state index is 12.2. The second kappa shape index (κ2) is 5.94. The molecule has 0 aliphatic carbocycles. The summed E-state index contributed by atoms with van der Waals surface area (Å²) in [5.41, 5.74) is 2.03. The van der Waals surface area contributed by atoms with Crippen LogP contribution in [-0.2, 0) is 11.3 Å². The number of hydrogen-bond acceptors (Lipinski definition) is 3. The number of carbonyl (C=O) groups excluding carboxylic acids is 1. The van der Waals surface area contributed by atoms with Crippen LogP contribution in [0.4, 0.5) is 0 Å². The molecule has 3 heteroatoms. The SMILES string of the molecule is CNCc1ccc(C(=O)C2CCOCC2)cc1. The minimum absolute atomic E-state index is 0.152. The largest absolute Gasteiger partial charge is 0.381 e. The molecule has 1 heterocycles. The smallest absolute Gasteiger partial charge is 0.166 e. The van der Waals surface area contributed by atoms with E-state index in [1.165, 1.54) is 5.56 Å². The summed E-state index contributed by atoms with van der Waals surface area (Å²) in [6.07, 6.45) is 1.72. The number of carbonyl (C=O) groups is 1. The molecule has 0 aromatic heterocycles. The fourth-order valence-electron chi connectivity index (χ4n) is 2.19. The number of Topliss-reactive ketones (excluding diaryl/α,β-unsaturated/α-hetero) is 1. The third-order valence-corrected chi connectivity index (χ3v) is 3.21. The van der Waals surface area contributed by atoms with Crippen molar-refractivity contribution in [3.8, 4) is 0 Å². The summed E-state index contributed by atoms with van der Waals surface area (Å²) < 4.78 is 5.28. The molecule has 1 N–H and O–H groups in total. The Morgan fingerprint density at radius 2 is 1.94 bits per heavy atom. The van der Waals surface area contributed by atoms with E-state index in [1.54, 1.807) is 0 Å². The second-order valence-electron chi connectivity index (χ2n) is 4.48. The molecule has 0 atom stereocenters. The van der Waals surface area contributed by atoms with Gasteiger partial charge in [0.25, 0.3) is 0 Å². The molecule has 0 saturated carbocycles. The molecular formula is C14H19NO2. The number of benzene rings is 1. The lowest BCUT2D eigenvalue weighted by Crippen LogP contribution is -2.23. The summed E-state index contributed by atoms with van der Waals surface area (Å²) in [5, 5.41) is 3.09. The zero-order chi connectivity index (χ0) is 12.1. The zero-order valence-corrected chi connectivity index (χ0v) is 10.2. The number of nitrogens with one attached hydrogen (secondary N) is 1. The van der Waals surface area contributed by atoms with Crippen molar-refractivity contribution in [2.24, 2.45) is 5.92 Å². The Bertz CT molecular complexity index is 366. The molecule has 0 unspecified atom stereocenters. The molecular weight excluding hydrogens is 214 g/mol. The number of ketones is 1. The van der Waals surface area contributed by atoms with Crippen LogP contribution in [0, 0.1) is 5.92 Å². The molecule has 1 aliphatic rings. The van der Waals surface area contributed by atoms with Gasteiger partial charge < -0.3 is 10.1 Å². The van der Waals surface area contributed by atoms with Gasteiger partial charge in [0.2, 0.25) is 0 Å². The average molecular weight is 233 g/mol. The average Bonchev–Trinajstić information content (AvgIpc) is 2.40. The summed E-state index contributed by atoms with van der Waals surface area (Å²) in [4.78, 5) is 12.2. The maximum atomic E-state index is 12.2. The van der Waals surface area contributed by atoms with Crippen LogP contribution >= 0.6 is 0 Å². The molecule has 0 bridgehead atoms. The van der Waals surface area contributed by atoms with Crippen molar-refractivity contribution in [1.82, 2.24) is 5.32 Å². The van der Waals surface area contributed by atoms with E-state index < -0.39 is 0 Å². The predicted molar refractivity (Wildman–Crippen MR) is 67.1 cm³/mol. The first-order chi connectivity index (χ1) is 8.31. The van der Waals surface area contributed by atoms with Crippen LogP contribution < -0.4 is 5.32 Å². The van der Waals surface area contributed by atoms with Crippen LogP contribution in [-0.4, -0.2) is 26.0 Å². The van der Waals surface area contributed by atoms with Crippen LogP contribution in [0.5, 0.6) is 0 Å². The highest BCUT2D eigenvalue weighted by atomic mass is 16.5. The highest BCUT2D eigenvalue weighted by Gasteiger charge is 2.22. The summed E-state index contributed by atoms with van der Waals surface area (Å²) >= 11 is 0. The second-order valence-corrected chi connectivity index (χ2v) is 4.48. The Balaban J connectivity index is 2.03. The van der Waals surface area contributed by atoms with E-state index in [9.17, 15) is 4.79 Å².